The van der Waals surface area contributed by atoms with Gasteiger partial charge in [0.2, 0.25) is 5.69 Å². The molecule has 0 unspecified atom stereocenters. The quantitative estimate of drug-likeness (QED) is 0.235. The van der Waals surface area contributed by atoms with E-state index in [1.807, 2.05) is 45.0 Å². The molecular formula is C34H32NO+. The zero-order valence-electron chi connectivity index (χ0n) is 23.5. The molecule has 2 aromatic heterocycles. The molecule has 0 saturated heterocycles. The van der Waals surface area contributed by atoms with Crippen molar-refractivity contribution in [3.8, 4) is 22.4 Å². The van der Waals surface area contributed by atoms with Crippen molar-refractivity contribution in [3.63, 3.8) is 0 Å². The van der Waals surface area contributed by atoms with Gasteiger partial charge in [-0.1, -0.05) is 75.4 Å². The Morgan fingerprint density at radius 3 is 2.36 bits per heavy atom. The molecular weight excluding hydrogens is 438 g/mol. The van der Waals surface area contributed by atoms with Gasteiger partial charge in [-0.25, -0.2) is 4.57 Å². The van der Waals surface area contributed by atoms with E-state index in [0.717, 1.165) is 49.7 Å². The number of rotatable bonds is 3. The van der Waals surface area contributed by atoms with Gasteiger partial charge in [-0.05, 0) is 64.6 Å². The van der Waals surface area contributed by atoms with Gasteiger partial charge in [-0.15, -0.1) is 0 Å². The molecule has 2 nitrogen and oxygen atoms in total. The van der Waals surface area contributed by atoms with Gasteiger partial charge < -0.3 is 4.42 Å². The summed E-state index contributed by atoms with van der Waals surface area (Å²) in [4.78, 5) is 0. The van der Waals surface area contributed by atoms with Crippen molar-refractivity contribution in [2.45, 2.75) is 34.1 Å². The minimum absolute atomic E-state index is 0.485. The molecule has 0 amide bonds. The van der Waals surface area contributed by atoms with Crippen molar-refractivity contribution in [1.29, 1.82) is 0 Å². The number of nitrogens with zero attached hydrogens (tertiary/aromatic N) is 1. The third-order valence-corrected chi connectivity index (χ3v) is 6.87. The predicted molar refractivity (Wildman–Crippen MR) is 151 cm³/mol. The molecule has 0 N–H and O–H groups in total. The minimum atomic E-state index is -1.41. The standard InChI is InChI=1S/C34H32NO/c1-22-18-30-28-15-14-25-8-6-7-9-27(25)33(28)36-32(30)20-29(22)31-19-26(16-17-35(31)5)24-12-10-23(11-13-24)21-34(2,3)4/h6-20H,21H2,1-5H3/q+1/i21D2. The summed E-state index contributed by atoms with van der Waals surface area (Å²) in [6.45, 7) is 7.97. The van der Waals surface area contributed by atoms with Crippen LogP contribution in [-0.2, 0) is 13.4 Å². The van der Waals surface area contributed by atoms with E-state index in [9.17, 15) is 0 Å². The number of aromatic nitrogens is 1. The zero-order chi connectivity index (χ0) is 26.8. The highest BCUT2D eigenvalue weighted by Crippen LogP contribution is 2.37. The second-order valence-electron chi connectivity index (χ2n) is 10.8. The molecule has 2 heteroatoms. The Labute approximate surface area is 215 Å². The molecule has 0 aliphatic heterocycles. The van der Waals surface area contributed by atoms with Crippen LogP contribution in [0.2, 0.25) is 0 Å². The van der Waals surface area contributed by atoms with Crippen LogP contribution >= 0.6 is 0 Å². The lowest BCUT2D eigenvalue weighted by Gasteiger charge is -2.18. The molecule has 0 atom stereocenters. The maximum absolute atomic E-state index is 8.60. The molecule has 2 heterocycles. The SMILES string of the molecule is [2H]C([2H])(c1ccc(-c2cc[n+](C)c(-c3cc4oc5c6ccccc6ccc5c4cc3C)c2)cc1)C(C)(C)C. The summed E-state index contributed by atoms with van der Waals surface area (Å²) in [7, 11) is 2.07. The third-order valence-electron chi connectivity index (χ3n) is 6.87. The van der Waals surface area contributed by atoms with E-state index < -0.39 is 11.8 Å². The molecule has 0 aliphatic carbocycles. The number of benzene rings is 4. The van der Waals surface area contributed by atoms with E-state index in [-0.39, 0.29) is 0 Å². The lowest BCUT2D eigenvalue weighted by molar-refractivity contribution is -0.660. The van der Waals surface area contributed by atoms with Crippen molar-refractivity contribution >= 4 is 32.7 Å². The van der Waals surface area contributed by atoms with E-state index in [0.29, 0.717) is 5.56 Å². The average Bonchev–Trinajstić information content (AvgIpc) is 3.26. The van der Waals surface area contributed by atoms with Gasteiger partial charge in [-0.2, -0.15) is 0 Å². The largest absolute Gasteiger partial charge is 0.455 e. The van der Waals surface area contributed by atoms with Crippen molar-refractivity contribution in [1.82, 2.24) is 0 Å². The van der Waals surface area contributed by atoms with Gasteiger partial charge in [0.1, 0.15) is 18.2 Å². The van der Waals surface area contributed by atoms with E-state index >= 15 is 0 Å². The summed E-state index contributed by atoms with van der Waals surface area (Å²) in [5.74, 6) is 0. The smallest absolute Gasteiger partial charge is 0.213 e. The van der Waals surface area contributed by atoms with Gasteiger partial charge in [0.25, 0.3) is 0 Å². The molecule has 0 aliphatic rings. The lowest BCUT2D eigenvalue weighted by Crippen LogP contribution is -2.30. The topological polar surface area (TPSA) is 17.0 Å². The Hall–Kier alpha value is -3.91. The fraction of sp³-hybridized carbons (Fsp3) is 0.206. The summed E-state index contributed by atoms with van der Waals surface area (Å²) in [5, 5.41) is 4.58. The third kappa shape index (κ3) is 3.97. The van der Waals surface area contributed by atoms with E-state index in [4.69, 9.17) is 7.16 Å². The monoisotopic (exact) mass is 472 g/mol. The maximum Gasteiger partial charge on any atom is 0.213 e. The second-order valence-corrected chi connectivity index (χ2v) is 10.8. The first-order valence-corrected chi connectivity index (χ1v) is 12.5. The highest BCUT2D eigenvalue weighted by molar-refractivity contribution is 6.15. The maximum atomic E-state index is 8.60. The Balaban J connectivity index is 1.45. The lowest BCUT2D eigenvalue weighted by atomic mass is 9.87. The normalized spacial score (nSPS) is 13.4. The van der Waals surface area contributed by atoms with Crippen LogP contribution in [-0.4, -0.2) is 0 Å². The number of furan rings is 1. The molecule has 0 bridgehead atoms. The van der Waals surface area contributed by atoms with Crippen LogP contribution in [0.4, 0.5) is 0 Å². The molecule has 6 rings (SSSR count). The summed E-state index contributed by atoms with van der Waals surface area (Å²) < 4.78 is 25.8. The van der Waals surface area contributed by atoms with Crippen LogP contribution in [0.25, 0.3) is 55.1 Å². The van der Waals surface area contributed by atoms with E-state index in [1.165, 1.54) is 10.9 Å². The Kier molecular flexibility index (Phi) is 4.70. The number of aryl methyl sites for hydroxylation is 2. The predicted octanol–water partition coefficient (Wildman–Crippen LogP) is 8.79. The summed E-state index contributed by atoms with van der Waals surface area (Å²) in [6.07, 6.45) is 0.674. The van der Waals surface area contributed by atoms with E-state index in [2.05, 4.69) is 85.4 Å². The van der Waals surface area contributed by atoms with Crippen molar-refractivity contribution in [2.24, 2.45) is 12.5 Å². The highest BCUT2D eigenvalue weighted by atomic mass is 16.3. The zero-order valence-corrected chi connectivity index (χ0v) is 21.5. The molecule has 0 radical (unpaired) electrons. The summed E-state index contributed by atoms with van der Waals surface area (Å²) in [5.41, 5.74) is 7.61. The van der Waals surface area contributed by atoms with Gasteiger partial charge in [0, 0.05) is 31.0 Å². The summed E-state index contributed by atoms with van der Waals surface area (Å²) in [6, 6.07) is 29.3. The van der Waals surface area contributed by atoms with Crippen LogP contribution < -0.4 is 4.57 Å². The van der Waals surface area contributed by atoms with E-state index in [1.54, 1.807) is 0 Å². The van der Waals surface area contributed by atoms with Gasteiger partial charge in [-0.3, -0.25) is 0 Å². The fourth-order valence-corrected chi connectivity index (χ4v) is 5.13. The highest BCUT2D eigenvalue weighted by Gasteiger charge is 2.19. The second kappa shape index (κ2) is 8.34. The molecule has 0 saturated carbocycles. The number of pyridine rings is 1. The first-order chi connectivity index (χ1) is 18.0. The molecule has 36 heavy (non-hydrogen) atoms. The molecule has 0 fully saturated rings. The number of hydrogen-bond acceptors (Lipinski definition) is 1. The molecule has 0 spiro atoms. The Morgan fingerprint density at radius 1 is 0.806 bits per heavy atom. The molecule has 6 aromatic rings. The van der Waals surface area contributed by atoms with Crippen LogP contribution in [0.1, 0.15) is 34.6 Å². The van der Waals surface area contributed by atoms with Crippen molar-refractivity contribution < 1.29 is 11.7 Å². The minimum Gasteiger partial charge on any atom is -0.455 e. The Morgan fingerprint density at radius 2 is 1.58 bits per heavy atom. The van der Waals surface area contributed by atoms with Gasteiger partial charge in [0.05, 0.1) is 5.56 Å². The molecule has 178 valence electrons. The average molecular weight is 473 g/mol. The molecule has 4 aromatic carbocycles. The van der Waals surface area contributed by atoms with Crippen molar-refractivity contribution in [2.75, 3.05) is 0 Å². The van der Waals surface area contributed by atoms with Crippen molar-refractivity contribution in [3.05, 3.63) is 102 Å². The van der Waals surface area contributed by atoms with Crippen LogP contribution in [0.3, 0.4) is 0 Å². The van der Waals surface area contributed by atoms with Gasteiger partial charge >= 0.3 is 0 Å². The van der Waals surface area contributed by atoms with Crippen LogP contribution in [0, 0.1) is 12.3 Å². The summed E-state index contributed by atoms with van der Waals surface area (Å²) >= 11 is 0. The first kappa shape index (κ1) is 20.3. The fourth-order valence-electron chi connectivity index (χ4n) is 5.13. The Bertz CT molecular complexity index is 1840. The number of fused-ring (bicyclic) bond motifs is 5. The van der Waals surface area contributed by atoms with Crippen LogP contribution in [0.15, 0.2) is 95.5 Å². The number of hydrogen-bond donors (Lipinski definition) is 0. The van der Waals surface area contributed by atoms with Gasteiger partial charge in [0.15, 0.2) is 6.20 Å². The van der Waals surface area contributed by atoms with Crippen LogP contribution in [0.5, 0.6) is 0 Å². The first-order valence-electron chi connectivity index (χ1n) is 13.5.